The van der Waals surface area contributed by atoms with E-state index < -0.39 is 8.07 Å². The van der Waals surface area contributed by atoms with Crippen LogP contribution in [0.15, 0.2) is 30.3 Å². The van der Waals surface area contributed by atoms with Crippen LogP contribution in [0.5, 0.6) is 0 Å². The Kier molecular flexibility index (Phi) is 5.85. The van der Waals surface area contributed by atoms with Gasteiger partial charge in [-0.25, -0.2) is 0 Å². The zero-order valence-corrected chi connectivity index (χ0v) is 14.8. The third kappa shape index (κ3) is 6.42. The molecule has 0 aliphatic heterocycles. The van der Waals surface area contributed by atoms with Gasteiger partial charge in [0.25, 0.3) is 0 Å². The summed E-state index contributed by atoms with van der Waals surface area (Å²) in [6.07, 6.45) is 3.98. The Bertz CT molecular complexity index is 359. The molecule has 1 unspecified atom stereocenters. The Morgan fingerprint density at radius 1 is 1.05 bits per heavy atom. The predicted octanol–water partition coefficient (Wildman–Crippen LogP) is 6.15. The van der Waals surface area contributed by atoms with Crippen LogP contribution in [0.3, 0.4) is 0 Å². The molecule has 1 rings (SSSR count). The van der Waals surface area contributed by atoms with Gasteiger partial charge in [-0.15, -0.1) is 0 Å². The second-order valence-electron chi connectivity index (χ2n) is 7.97. The van der Waals surface area contributed by atoms with Gasteiger partial charge in [-0.3, -0.25) is 0 Å². The van der Waals surface area contributed by atoms with E-state index in [4.69, 9.17) is 0 Å². The largest absolute Gasteiger partial charge is 0.0692 e. The lowest BCUT2D eigenvalue weighted by Gasteiger charge is -2.33. The van der Waals surface area contributed by atoms with Gasteiger partial charge in [0.1, 0.15) is 0 Å². The highest BCUT2D eigenvalue weighted by molar-refractivity contribution is 6.78. The summed E-state index contributed by atoms with van der Waals surface area (Å²) < 4.78 is 0. The van der Waals surface area contributed by atoms with Gasteiger partial charge in [-0.2, -0.15) is 0 Å². The van der Waals surface area contributed by atoms with Crippen molar-refractivity contribution < 1.29 is 0 Å². The summed E-state index contributed by atoms with van der Waals surface area (Å²) in [5.74, 6) is 0. The number of benzene rings is 1. The molecule has 1 aromatic rings. The molecule has 0 radical (unpaired) electrons. The Morgan fingerprint density at radius 2 is 1.63 bits per heavy atom. The van der Waals surface area contributed by atoms with Gasteiger partial charge in [-0.05, 0) is 29.4 Å². The molecule has 1 aromatic carbocycles. The number of hydrogen-bond donors (Lipinski definition) is 0. The van der Waals surface area contributed by atoms with E-state index in [0.29, 0.717) is 5.41 Å². The Balaban J connectivity index is 2.45. The average molecular weight is 277 g/mol. The highest BCUT2D eigenvalue weighted by Gasteiger charge is 2.29. The fraction of sp³-hybridized carbons (Fsp3) is 0.667. The van der Waals surface area contributed by atoms with Crippen molar-refractivity contribution in [1.29, 1.82) is 0 Å². The smallest absolute Gasteiger partial charge is 0.0502 e. The van der Waals surface area contributed by atoms with Crippen molar-refractivity contribution in [2.75, 3.05) is 0 Å². The quantitative estimate of drug-likeness (QED) is 0.546. The van der Waals surface area contributed by atoms with Crippen molar-refractivity contribution in [2.24, 2.45) is 5.41 Å². The van der Waals surface area contributed by atoms with Crippen molar-refractivity contribution in [1.82, 2.24) is 0 Å². The van der Waals surface area contributed by atoms with Crippen molar-refractivity contribution in [3.63, 3.8) is 0 Å². The highest BCUT2D eigenvalue weighted by Crippen LogP contribution is 2.34. The molecule has 0 aromatic heterocycles. The van der Waals surface area contributed by atoms with E-state index in [2.05, 4.69) is 71.1 Å². The third-order valence-corrected chi connectivity index (χ3v) is 9.06. The van der Waals surface area contributed by atoms with Gasteiger partial charge in [0, 0.05) is 0 Å². The van der Waals surface area contributed by atoms with Crippen molar-refractivity contribution >= 4 is 8.07 Å². The predicted molar refractivity (Wildman–Crippen MR) is 90.5 cm³/mol. The van der Waals surface area contributed by atoms with Crippen molar-refractivity contribution in [3.8, 4) is 0 Å². The number of aryl methyl sites for hydroxylation is 1. The third-order valence-electron chi connectivity index (χ3n) is 4.56. The topological polar surface area (TPSA) is 0 Å². The lowest BCUT2D eigenvalue weighted by molar-refractivity contribution is 0.394. The van der Waals surface area contributed by atoms with E-state index >= 15 is 0 Å². The van der Waals surface area contributed by atoms with E-state index in [1.54, 1.807) is 0 Å². The molecule has 0 aliphatic carbocycles. The van der Waals surface area contributed by atoms with Crippen LogP contribution in [-0.4, -0.2) is 8.07 Å². The van der Waals surface area contributed by atoms with E-state index in [1.165, 1.54) is 30.9 Å². The van der Waals surface area contributed by atoms with Crippen LogP contribution in [0.4, 0.5) is 0 Å². The summed E-state index contributed by atoms with van der Waals surface area (Å²) in [6, 6.07) is 12.4. The first-order valence-corrected chi connectivity index (χ1v) is 11.0. The highest BCUT2D eigenvalue weighted by atomic mass is 28.3. The van der Waals surface area contributed by atoms with Crippen LogP contribution in [0.1, 0.15) is 46.1 Å². The van der Waals surface area contributed by atoms with Crippen molar-refractivity contribution in [3.05, 3.63) is 35.9 Å². The number of rotatable bonds is 6. The molecule has 0 nitrogen and oxygen atoms in total. The lowest BCUT2D eigenvalue weighted by Crippen LogP contribution is -2.32. The second-order valence-corrected chi connectivity index (χ2v) is 13.4. The summed E-state index contributed by atoms with van der Waals surface area (Å²) in [7, 11) is -1.07. The minimum Gasteiger partial charge on any atom is -0.0692 e. The fourth-order valence-corrected chi connectivity index (χ4v) is 5.18. The van der Waals surface area contributed by atoms with E-state index in [0.717, 1.165) is 5.54 Å². The summed E-state index contributed by atoms with van der Waals surface area (Å²) >= 11 is 0. The summed E-state index contributed by atoms with van der Waals surface area (Å²) in [4.78, 5) is 0. The number of hydrogen-bond acceptors (Lipinski definition) is 0. The van der Waals surface area contributed by atoms with Gasteiger partial charge in [0.2, 0.25) is 0 Å². The molecular weight excluding hydrogens is 244 g/mol. The summed E-state index contributed by atoms with van der Waals surface area (Å²) in [6.45, 7) is 14.7. The monoisotopic (exact) mass is 276 g/mol. The molecule has 1 heteroatoms. The molecule has 0 amide bonds. The molecule has 0 heterocycles. The van der Waals surface area contributed by atoms with E-state index in [-0.39, 0.29) is 0 Å². The average Bonchev–Trinajstić information content (AvgIpc) is 2.34. The van der Waals surface area contributed by atoms with Gasteiger partial charge >= 0.3 is 0 Å². The minimum absolute atomic E-state index is 0.490. The molecule has 0 bridgehead atoms. The fourth-order valence-electron chi connectivity index (χ4n) is 2.36. The molecule has 0 aliphatic rings. The molecule has 0 fully saturated rings. The maximum absolute atomic E-state index is 2.58. The van der Waals surface area contributed by atoms with Gasteiger partial charge < -0.3 is 0 Å². The molecule has 1 atom stereocenters. The molecule has 19 heavy (non-hydrogen) atoms. The first kappa shape index (κ1) is 16.5. The molecule has 0 spiro atoms. The molecule has 0 N–H and O–H groups in total. The van der Waals surface area contributed by atoms with Crippen LogP contribution in [-0.2, 0) is 6.42 Å². The molecular formula is C18H32Si. The van der Waals surface area contributed by atoms with Crippen LogP contribution < -0.4 is 0 Å². The van der Waals surface area contributed by atoms with Gasteiger partial charge in [-0.1, -0.05) is 83.6 Å². The maximum atomic E-state index is 2.58. The van der Waals surface area contributed by atoms with Crippen LogP contribution in [0.2, 0.25) is 24.7 Å². The van der Waals surface area contributed by atoms with Crippen molar-refractivity contribution in [2.45, 2.75) is 71.6 Å². The molecule has 108 valence electrons. The molecule has 0 saturated heterocycles. The zero-order chi connectivity index (χ0) is 14.5. The zero-order valence-electron chi connectivity index (χ0n) is 13.8. The van der Waals surface area contributed by atoms with Crippen LogP contribution in [0.25, 0.3) is 0 Å². The first-order chi connectivity index (χ1) is 8.71. The molecule has 0 saturated carbocycles. The van der Waals surface area contributed by atoms with Crippen LogP contribution >= 0.6 is 0 Å². The standard InChI is InChI=1S/C18H32Si/c1-16(12-13-17-10-8-7-9-11-17)19(5,6)15-14-18(2,3)4/h7-11,16H,12-15H2,1-6H3. The summed E-state index contributed by atoms with van der Waals surface area (Å²) in [5, 5.41) is 0. The second kappa shape index (κ2) is 6.74. The van der Waals surface area contributed by atoms with Gasteiger partial charge in [0.15, 0.2) is 0 Å². The van der Waals surface area contributed by atoms with Crippen LogP contribution in [0, 0.1) is 5.41 Å². The summed E-state index contributed by atoms with van der Waals surface area (Å²) in [5.41, 5.74) is 2.90. The lowest BCUT2D eigenvalue weighted by atomic mass is 9.94. The Morgan fingerprint density at radius 3 is 2.16 bits per heavy atom. The Hall–Kier alpha value is -0.563. The minimum atomic E-state index is -1.07. The van der Waals surface area contributed by atoms with E-state index in [1.807, 2.05) is 0 Å². The van der Waals surface area contributed by atoms with E-state index in [9.17, 15) is 0 Å². The first-order valence-electron chi connectivity index (χ1n) is 7.75. The SMILES string of the molecule is CC(CCc1ccccc1)[Si](C)(C)CCC(C)(C)C. The maximum Gasteiger partial charge on any atom is 0.0502 e. The Labute approximate surface area is 121 Å². The van der Waals surface area contributed by atoms with Gasteiger partial charge in [0.05, 0.1) is 8.07 Å². The normalized spacial score (nSPS) is 14.4.